The van der Waals surface area contributed by atoms with Crippen molar-refractivity contribution in [2.24, 2.45) is 0 Å². The van der Waals surface area contributed by atoms with E-state index in [0.29, 0.717) is 0 Å². The van der Waals surface area contributed by atoms with Crippen LogP contribution in [-0.4, -0.2) is 19.7 Å². The molecule has 0 aliphatic heterocycles. The van der Waals surface area contributed by atoms with Crippen LogP contribution in [0.3, 0.4) is 0 Å². The number of benzene rings is 1. The van der Waals surface area contributed by atoms with E-state index in [-0.39, 0.29) is 0 Å². The van der Waals surface area contributed by atoms with Crippen molar-refractivity contribution in [1.82, 2.24) is 5.32 Å². The molecule has 15 heavy (non-hydrogen) atoms. The summed E-state index contributed by atoms with van der Waals surface area (Å²) in [5.41, 5.74) is 0. The molecular weight excluding hydrogens is 254 g/mol. The number of hydrogen-bond donors (Lipinski definition) is 1. The van der Waals surface area contributed by atoms with Gasteiger partial charge in [-0.25, -0.2) is 0 Å². The Morgan fingerprint density at radius 1 is 1.27 bits per heavy atom. The molecule has 2 nitrogen and oxygen atoms in total. The molecule has 0 spiro atoms. The van der Waals surface area contributed by atoms with Crippen molar-refractivity contribution < 1.29 is 4.74 Å². The van der Waals surface area contributed by atoms with Crippen molar-refractivity contribution in [2.45, 2.75) is 19.8 Å². The Bertz CT molecular complexity index is 278. The highest BCUT2D eigenvalue weighted by Gasteiger charge is 1.97. The van der Waals surface area contributed by atoms with Gasteiger partial charge in [0.05, 0.1) is 11.1 Å². The van der Waals surface area contributed by atoms with Gasteiger partial charge in [-0.3, -0.25) is 0 Å². The second-order valence-corrected chi connectivity index (χ2v) is 4.19. The summed E-state index contributed by atoms with van der Waals surface area (Å²) in [4.78, 5) is 0. The molecule has 0 unspecified atom stereocenters. The van der Waals surface area contributed by atoms with E-state index in [1.807, 2.05) is 24.3 Å². The van der Waals surface area contributed by atoms with Crippen LogP contribution in [-0.2, 0) is 0 Å². The minimum atomic E-state index is 0.786. The Morgan fingerprint density at radius 2 is 2.07 bits per heavy atom. The lowest BCUT2D eigenvalue weighted by Crippen LogP contribution is -2.14. The SMILES string of the molecule is CCNCCCCOc1ccccc1Br. The van der Waals surface area contributed by atoms with Gasteiger partial charge in [0.25, 0.3) is 0 Å². The molecule has 0 fully saturated rings. The Hall–Kier alpha value is -0.540. The van der Waals surface area contributed by atoms with Crippen molar-refractivity contribution in [1.29, 1.82) is 0 Å². The van der Waals surface area contributed by atoms with Gasteiger partial charge in [-0.1, -0.05) is 19.1 Å². The van der Waals surface area contributed by atoms with Crippen LogP contribution >= 0.6 is 15.9 Å². The third kappa shape index (κ3) is 5.19. The highest BCUT2D eigenvalue weighted by molar-refractivity contribution is 9.10. The van der Waals surface area contributed by atoms with Crippen molar-refractivity contribution in [3.63, 3.8) is 0 Å². The predicted molar refractivity (Wildman–Crippen MR) is 67.4 cm³/mol. The van der Waals surface area contributed by atoms with Crippen molar-refractivity contribution in [2.75, 3.05) is 19.7 Å². The Labute approximate surface area is 100 Å². The lowest BCUT2D eigenvalue weighted by molar-refractivity contribution is 0.304. The van der Waals surface area contributed by atoms with Gasteiger partial charge in [-0.05, 0) is 54.0 Å². The van der Waals surface area contributed by atoms with Gasteiger partial charge in [0, 0.05) is 0 Å². The number of rotatable bonds is 7. The standard InChI is InChI=1S/C12H18BrNO/c1-2-14-9-5-6-10-15-12-8-4-3-7-11(12)13/h3-4,7-8,14H,2,5-6,9-10H2,1H3. The Kier molecular flexibility index (Phi) is 6.44. The highest BCUT2D eigenvalue weighted by Crippen LogP contribution is 2.23. The Balaban J connectivity index is 2.12. The number of hydrogen-bond acceptors (Lipinski definition) is 2. The summed E-state index contributed by atoms with van der Waals surface area (Å²) < 4.78 is 6.67. The lowest BCUT2D eigenvalue weighted by atomic mass is 10.3. The van der Waals surface area contributed by atoms with Crippen molar-refractivity contribution >= 4 is 15.9 Å². The van der Waals surface area contributed by atoms with Gasteiger partial charge in [0.1, 0.15) is 5.75 Å². The molecule has 0 saturated carbocycles. The van der Waals surface area contributed by atoms with E-state index in [1.165, 1.54) is 0 Å². The normalized spacial score (nSPS) is 10.3. The number of halogens is 1. The smallest absolute Gasteiger partial charge is 0.133 e. The van der Waals surface area contributed by atoms with Gasteiger partial charge in [-0.2, -0.15) is 0 Å². The quantitative estimate of drug-likeness (QED) is 0.769. The first-order valence-corrected chi connectivity index (χ1v) is 6.22. The van der Waals surface area contributed by atoms with Crippen molar-refractivity contribution in [3.05, 3.63) is 28.7 Å². The van der Waals surface area contributed by atoms with E-state index in [1.54, 1.807) is 0 Å². The highest BCUT2D eigenvalue weighted by atomic mass is 79.9. The topological polar surface area (TPSA) is 21.3 Å². The van der Waals surface area contributed by atoms with Crippen LogP contribution in [0.5, 0.6) is 5.75 Å². The first kappa shape index (κ1) is 12.5. The van der Waals surface area contributed by atoms with Crippen molar-refractivity contribution in [3.8, 4) is 5.75 Å². The number of unbranched alkanes of at least 4 members (excludes halogenated alkanes) is 1. The molecule has 0 amide bonds. The molecule has 0 aliphatic carbocycles. The molecule has 1 aromatic carbocycles. The second-order valence-electron chi connectivity index (χ2n) is 3.34. The summed E-state index contributed by atoms with van der Waals surface area (Å²) in [5.74, 6) is 0.931. The summed E-state index contributed by atoms with van der Waals surface area (Å²) >= 11 is 3.45. The minimum Gasteiger partial charge on any atom is -0.492 e. The van der Waals surface area contributed by atoms with Crippen LogP contribution in [0.1, 0.15) is 19.8 Å². The van der Waals surface area contributed by atoms with E-state index in [9.17, 15) is 0 Å². The van der Waals surface area contributed by atoms with Crippen LogP contribution in [0.4, 0.5) is 0 Å². The van der Waals surface area contributed by atoms with Crippen LogP contribution in [0.25, 0.3) is 0 Å². The summed E-state index contributed by atoms with van der Waals surface area (Å²) in [6.45, 7) is 5.03. The van der Waals surface area contributed by atoms with Gasteiger partial charge in [0.2, 0.25) is 0 Å². The van der Waals surface area contributed by atoms with E-state index < -0.39 is 0 Å². The summed E-state index contributed by atoms with van der Waals surface area (Å²) in [5, 5.41) is 3.29. The fourth-order valence-corrected chi connectivity index (χ4v) is 1.67. The maximum absolute atomic E-state index is 5.64. The fraction of sp³-hybridized carbons (Fsp3) is 0.500. The van der Waals surface area contributed by atoms with Crippen LogP contribution < -0.4 is 10.1 Å². The molecule has 0 radical (unpaired) electrons. The second kappa shape index (κ2) is 7.71. The summed E-state index contributed by atoms with van der Waals surface area (Å²) in [6.07, 6.45) is 2.26. The van der Waals surface area contributed by atoms with Gasteiger partial charge in [0.15, 0.2) is 0 Å². The molecule has 84 valence electrons. The summed E-state index contributed by atoms with van der Waals surface area (Å²) in [6, 6.07) is 7.95. The zero-order valence-electron chi connectivity index (χ0n) is 9.13. The average molecular weight is 272 g/mol. The monoisotopic (exact) mass is 271 g/mol. The van der Waals surface area contributed by atoms with E-state index in [0.717, 1.165) is 42.8 Å². The largest absolute Gasteiger partial charge is 0.492 e. The molecule has 0 aliphatic rings. The number of ether oxygens (including phenoxy) is 1. The zero-order valence-corrected chi connectivity index (χ0v) is 10.7. The maximum Gasteiger partial charge on any atom is 0.133 e. The molecule has 1 N–H and O–H groups in total. The zero-order chi connectivity index (χ0) is 10.9. The third-order valence-electron chi connectivity index (χ3n) is 2.09. The Morgan fingerprint density at radius 3 is 2.80 bits per heavy atom. The number of nitrogens with one attached hydrogen (secondary N) is 1. The summed E-state index contributed by atoms with van der Waals surface area (Å²) in [7, 11) is 0. The van der Waals surface area contributed by atoms with Crippen LogP contribution in [0.15, 0.2) is 28.7 Å². The average Bonchev–Trinajstić information content (AvgIpc) is 2.25. The molecule has 0 saturated heterocycles. The molecule has 3 heteroatoms. The fourth-order valence-electron chi connectivity index (χ4n) is 1.27. The molecule has 0 atom stereocenters. The van der Waals surface area contributed by atoms with Crippen LogP contribution in [0.2, 0.25) is 0 Å². The predicted octanol–water partition coefficient (Wildman–Crippen LogP) is 3.22. The minimum absolute atomic E-state index is 0.786. The molecule has 0 bridgehead atoms. The van der Waals surface area contributed by atoms with E-state index >= 15 is 0 Å². The third-order valence-corrected chi connectivity index (χ3v) is 2.75. The first-order valence-electron chi connectivity index (χ1n) is 5.42. The molecular formula is C12H18BrNO. The maximum atomic E-state index is 5.64. The van der Waals surface area contributed by atoms with Gasteiger partial charge in [-0.15, -0.1) is 0 Å². The van der Waals surface area contributed by atoms with Gasteiger partial charge >= 0.3 is 0 Å². The molecule has 1 rings (SSSR count). The number of para-hydroxylation sites is 1. The van der Waals surface area contributed by atoms with E-state index in [4.69, 9.17) is 4.74 Å². The first-order chi connectivity index (χ1) is 7.34. The van der Waals surface area contributed by atoms with Crippen LogP contribution in [0, 0.1) is 0 Å². The lowest BCUT2D eigenvalue weighted by Gasteiger charge is -2.07. The molecule has 1 aromatic rings. The van der Waals surface area contributed by atoms with Gasteiger partial charge < -0.3 is 10.1 Å². The van der Waals surface area contributed by atoms with E-state index in [2.05, 4.69) is 28.2 Å². The molecule has 0 heterocycles. The molecule has 0 aromatic heterocycles.